The minimum atomic E-state index is -1.07. The third kappa shape index (κ3) is 3.84. The van der Waals surface area contributed by atoms with Crippen molar-refractivity contribution in [2.45, 2.75) is 12.8 Å². The van der Waals surface area contributed by atoms with Gasteiger partial charge in [0, 0.05) is 17.1 Å². The summed E-state index contributed by atoms with van der Waals surface area (Å²) in [6.45, 7) is 1.80. The SMILES string of the molecule is CCOC(=O)[C@H]1/C(=C\O)C(=O)c2cc(OC)c(OC)cc2[C@H]1c1ccc(OC)c(OC)c1. The highest BCUT2D eigenvalue weighted by Crippen LogP contribution is 2.48. The van der Waals surface area contributed by atoms with Crippen LogP contribution in [0.4, 0.5) is 0 Å². The molecule has 1 N–H and O–H groups in total. The van der Waals surface area contributed by atoms with E-state index in [4.69, 9.17) is 23.7 Å². The molecule has 0 saturated carbocycles. The highest BCUT2D eigenvalue weighted by atomic mass is 16.5. The summed E-state index contributed by atoms with van der Waals surface area (Å²) < 4.78 is 26.8. The van der Waals surface area contributed by atoms with Gasteiger partial charge in [-0.25, -0.2) is 0 Å². The van der Waals surface area contributed by atoms with Crippen LogP contribution in [0.25, 0.3) is 0 Å². The van der Waals surface area contributed by atoms with Crippen molar-refractivity contribution in [3.05, 3.63) is 58.9 Å². The number of esters is 1. The smallest absolute Gasteiger partial charge is 0.314 e. The molecule has 3 rings (SSSR count). The molecule has 2 aromatic carbocycles. The van der Waals surface area contributed by atoms with Gasteiger partial charge in [-0.3, -0.25) is 9.59 Å². The number of fused-ring (bicyclic) bond motifs is 1. The summed E-state index contributed by atoms with van der Waals surface area (Å²) in [7, 11) is 5.99. The van der Waals surface area contributed by atoms with Gasteiger partial charge >= 0.3 is 5.97 Å². The first-order valence-corrected chi connectivity index (χ1v) is 9.99. The second kappa shape index (κ2) is 9.64. The lowest BCUT2D eigenvalue weighted by atomic mass is 9.68. The van der Waals surface area contributed by atoms with Crippen molar-refractivity contribution < 1.29 is 38.4 Å². The van der Waals surface area contributed by atoms with Crippen molar-refractivity contribution in [3.63, 3.8) is 0 Å². The van der Waals surface area contributed by atoms with Gasteiger partial charge in [0.1, 0.15) is 0 Å². The average molecular weight is 442 g/mol. The van der Waals surface area contributed by atoms with Gasteiger partial charge < -0.3 is 28.8 Å². The number of methoxy groups -OCH3 is 4. The molecule has 32 heavy (non-hydrogen) atoms. The molecule has 0 bridgehead atoms. The molecule has 0 aliphatic heterocycles. The zero-order chi connectivity index (χ0) is 23.4. The van der Waals surface area contributed by atoms with Crippen molar-refractivity contribution in [2.24, 2.45) is 5.92 Å². The number of carbonyl (C=O) groups excluding carboxylic acids is 2. The Morgan fingerprint density at radius 2 is 1.53 bits per heavy atom. The van der Waals surface area contributed by atoms with E-state index in [1.807, 2.05) is 0 Å². The summed E-state index contributed by atoms with van der Waals surface area (Å²) in [4.78, 5) is 26.3. The maximum absolute atomic E-state index is 13.3. The molecule has 0 radical (unpaired) electrons. The maximum atomic E-state index is 13.3. The van der Waals surface area contributed by atoms with Crippen LogP contribution in [0.1, 0.15) is 34.3 Å². The fourth-order valence-electron chi connectivity index (χ4n) is 4.06. The van der Waals surface area contributed by atoms with Crippen LogP contribution in [-0.2, 0) is 9.53 Å². The zero-order valence-corrected chi connectivity index (χ0v) is 18.6. The van der Waals surface area contributed by atoms with Crippen molar-refractivity contribution in [3.8, 4) is 23.0 Å². The fourth-order valence-corrected chi connectivity index (χ4v) is 4.06. The van der Waals surface area contributed by atoms with Crippen LogP contribution < -0.4 is 18.9 Å². The average Bonchev–Trinajstić information content (AvgIpc) is 2.82. The lowest BCUT2D eigenvalue weighted by Crippen LogP contribution is -2.35. The number of ketones is 1. The normalized spacial score (nSPS) is 18.7. The molecule has 0 heterocycles. The highest BCUT2D eigenvalue weighted by Gasteiger charge is 2.45. The quantitative estimate of drug-likeness (QED) is 0.394. The van der Waals surface area contributed by atoms with E-state index in [0.29, 0.717) is 46.0 Å². The molecular formula is C24H26O8. The minimum Gasteiger partial charge on any atom is -0.515 e. The second-order valence-corrected chi connectivity index (χ2v) is 7.03. The van der Waals surface area contributed by atoms with E-state index in [1.165, 1.54) is 28.4 Å². The summed E-state index contributed by atoms with van der Waals surface area (Å²) in [6.07, 6.45) is 0.678. The van der Waals surface area contributed by atoms with Gasteiger partial charge in [-0.2, -0.15) is 0 Å². The molecule has 8 nitrogen and oxygen atoms in total. The number of hydrogen-bond donors (Lipinski definition) is 1. The second-order valence-electron chi connectivity index (χ2n) is 7.03. The molecule has 8 heteroatoms. The highest BCUT2D eigenvalue weighted by molar-refractivity contribution is 6.14. The standard InChI is InChI=1S/C24H26O8/c1-6-32-24(27)22-16(12-25)23(26)15-11-20(31-5)19(30-4)10-14(15)21(22)13-7-8-17(28-2)18(9-13)29-3/h7-12,21-22,25H,6H2,1-5H3/b16-12+/t21-,22+/m1/s1. The Balaban J connectivity index is 2.34. The number of ether oxygens (including phenoxy) is 5. The van der Waals surface area contributed by atoms with E-state index in [1.54, 1.807) is 37.3 Å². The Labute approximate surface area is 186 Å². The summed E-state index contributed by atoms with van der Waals surface area (Å²) >= 11 is 0. The zero-order valence-electron chi connectivity index (χ0n) is 18.6. The first kappa shape index (κ1) is 23.0. The molecule has 2 aromatic rings. The summed E-state index contributed by atoms with van der Waals surface area (Å²) in [6, 6.07) is 8.46. The van der Waals surface area contributed by atoms with E-state index in [2.05, 4.69) is 0 Å². The molecule has 0 aromatic heterocycles. The Kier molecular flexibility index (Phi) is 6.92. The molecule has 1 aliphatic carbocycles. The van der Waals surface area contributed by atoms with Gasteiger partial charge in [-0.05, 0) is 42.3 Å². The molecule has 0 unspecified atom stereocenters. The van der Waals surface area contributed by atoms with Crippen molar-refractivity contribution in [2.75, 3.05) is 35.0 Å². The van der Waals surface area contributed by atoms with Gasteiger partial charge in [-0.1, -0.05) is 6.07 Å². The molecule has 0 spiro atoms. The summed E-state index contributed by atoms with van der Waals surface area (Å²) in [5.41, 5.74) is 1.44. The number of benzene rings is 2. The van der Waals surface area contributed by atoms with Crippen LogP contribution in [0.2, 0.25) is 0 Å². The predicted molar refractivity (Wildman–Crippen MR) is 116 cm³/mol. The van der Waals surface area contributed by atoms with Gasteiger partial charge in [0.2, 0.25) is 0 Å². The lowest BCUT2D eigenvalue weighted by molar-refractivity contribution is -0.147. The minimum absolute atomic E-state index is 0.0667. The maximum Gasteiger partial charge on any atom is 0.314 e. The predicted octanol–water partition coefficient (Wildman–Crippen LogP) is 3.67. The number of Topliss-reactive ketones (excluding diaryl/α,β-unsaturated/α-hetero) is 1. The van der Waals surface area contributed by atoms with E-state index >= 15 is 0 Å². The largest absolute Gasteiger partial charge is 0.515 e. The van der Waals surface area contributed by atoms with Crippen molar-refractivity contribution in [1.29, 1.82) is 0 Å². The van der Waals surface area contributed by atoms with Gasteiger partial charge in [-0.15, -0.1) is 0 Å². The first-order valence-electron chi connectivity index (χ1n) is 9.99. The van der Waals surface area contributed by atoms with Crippen molar-refractivity contribution in [1.82, 2.24) is 0 Å². The molecule has 0 saturated heterocycles. The van der Waals surface area contributed by atoms with Crippen LogP contribution in [0.15, 0.2) is 42.2 Å². The third-order valence-corrected chi connectivity index (χ3v) is 5.51. The Morgan fingerprint density at radius 3 is 2.09 bits per heavy atom. The summed E-state index contributed by atoms with van der Waals surface area (Å²) in [5, 5.41) is 9.96. The Bertz CT molecular complexity index is 1060. The van der Waals surface area contributed by atoms with Gasteiger partial charge in [0.25, 0.3) is 0 Å². The fraction of sp³-hybridized carbons (Fsp3) is 0.333. The molecule has 0 amide bonds. The van der Waals surface area contributed by atoms with E-state index in [9.17, 15) is 14.7 Å². The molecule has 170 valence electrons. The first-order chi connectivity index (χ1) is 15.4. The van der Waals surface area contributed by atoms with E-state index in [-0.39, 0.29) is 12.2 Å². The number of carbonyl (C=O) groups is 2. The van der Waals surface area contributed by atoms with Crippen LogP contribution in [0.3, 0.4) is 0 Å². The monoisotopic (exact) mass is 442 g/mol. The Hall–Kier alpha value is -3.68. The molecular weight excluding hydrogens is 416 g/mol. The van der Waals surface area contributed by atoms with Crippen LogP contribution in [0, 0.1) is 5.92 Å². The number of aliphatic hydroxyl groups excluding tert-OH is 1. The molecule has 0 fully saturated rings. The van der Waals surface area contributed by atoms with Crippen molar-refractivity contribution >= 4 is 11.8 Å². The number of rotatable bonds is 7. The number of hydrogen-bond acceptors (Lipinski definition) is 8. The van der Waals surface area contributed by atoms with E-state index < -0.39 is 23.6 Å². The lowest BCUT2D eigenvalue weighted by Gasteiger charge is -2.34. The number of aliphatic hydroxyl groups is 1. The van der Waals surface area contributed by atoms with Crippen LogP contribution >= 0.6 is 0 Å². The molecule has 1 aliphatic rings. The van der Waals surface area contributed by atoms with E-state index in [0.717, 1.165) is 0 Å². The van der Waals surface area contributed by atoms with Gasteiger partial charge in [0.15, 0.2) is 28.8 Å². The van der Waals surface area contributed by atoms with Crippen LogP contribution in [-0.4, -0.2) is 51.9 Å². The summed E-state index contributed by atoms with van der Waals surface area (Å²) in [5.74, 6) is -1.11. The Morgan fingerprint density at radius 1 is 0.938 bits per heavy atom. The van der Waals surface area contributed by atoms with Gasteiger partial charge in [0.05, 0.1) is 47.2 Å². The topological polar surface area (TPSA) is 101 Å². The van der Waals surface area contributed by atoms with Crippen LogP contribution in [0.5, 0.6) is 23.0 Å². The third-order valence-electron chi connectivity index (χ3n) is 5.51. The molecule has 2 atom stereocenters.